The summed E-state index contributed by atoms with van der Waals surface area (Å²) in [5.74, 6) is 1.16. The first-order chi connectivity index (χ1) is 13.1. The molecular weight excluding hydrogens is 364 g/mol. The molecule has 0 fully saturated rings. The van der Waals surface area contributed by atoms with Crippen LogP contribution in [0.15, 0.2) is 55.0 Å². The second-order valence-electron chi connectivity index (χ2n) is 5.79. The number of rotatable bonds is 4. The molecule has 0 atom stereocenters. The first kappa shape index (κ1) is 17.0. The predicted molar refractivity (Wildman–Crippen MR) is 106 cm³/mol. The van der Waals surface area contributed by atoms with Crippen LogP contribution in [0.3, 0.4) is 0 Å². The quantitative estimate of drug-likeness (QED) is 0.504. The minimum Gasteiger partial charge on any atom is -0.435 e. The highest BCUT2D eigenvalue weighted by molar-refractivity contribution is 6.32. The Kier molecular flexibility index (Phi) is 4.43. The van der Waals surface area contributed by atoms with Crippen LogP contribution in [0.5, 0.6) is 11.6 Å². The van der Waals surface area contributed by atoms with E-state index in [2.05, 4.69) is 25.3 Å². The lowest BCUT2D eigenvalue weighted by atomic mass is 10.2. The number of hydrogen-bond acceptors (Lipinski definition) is 7. The molecule has 0 aliphatic rings. The highest BCUT2D eigenvalue weighted by Gasteiger charge is 2.14. The Hall–Kier alpha value is -3.45. The Morgan fingerprint density at radius 2 is 1.93 bits per heavy atom. The summed E-state index contributed by atoms with van der Waals surface area (Å²) in [6, 6.07) is 13.1. The average molecular weight is 379 g/mol. The number of halogens is 1. The molecule has 8 heteroatoms. The smallest absolute Gasteiger partial charge is 0.248 e. The van der Waals surface area contributed by atoms with Gasteiger partial charge in [-0.2, -0.15) is 4.98 Å². The van der Waals surface area contributed by atoms with Crippen molar-refractivity contribution in [3.63, 3.8) is 0 Å². The molecule has 4 aromatic rings. The van der Waals surface area contributed by atoms with Crippen LogP contribution in [0, 0.1) is 6.92 Å². The molecule has 3 N–H and O–H groups in total. The summed E-state index contributed by atoms with van der Waals surface area (Å²) in [5, 5.41) is 4.32. The van der Waals surface area contributed by atoms with Crippen LogP contribution in [-0.4, -0.2) is 19.9 Å². The molecule has 0 amide bonds. The molecule has 0 bridgehead atoms. The highest BCUT2D eigenvalue weighted by atomic mass is 35.5. The Labute approximate surface area is 160 Å². The average Bonchev–Trinajstić information content (AvgIpc) is 2.67. The second kappa shape index (κ2) is 7.05. The van der Waals surface area contributed by atoms with E-state index in [-0.39, 0.29) is 11.6 Å². The van der Waals surface area contributed by atoms with Crippen LogP contribution >= 0.6 is 11.6 Å². The van der Waals surface area contributed by atoms with Gasteiger partial charge in [-0.3, -0.25) is 0 Å². The molecular formula is C19H15ClN6O. The highest BCUT2D eigenvalue weighted by Crippen LogP contribution is 2.34. The lowest BCUT2D eigenvalue weighted by Gasteiger charge is -2.13. The molecule has 0 radical (unpaired) electrons. The van der Waals surface area contributed by atoms with E-state index < -0.39 is 0 Å². The zero-order valence-corrected chi connectivity index (χ0v) is 15.1. The van der Waals surface area contributed by atoms with Gasteiger partial charge in [0.25, 0.3) is 0 Å². The van der Waals surface area contributed by atoms with Gasteiger partial charge >= 0.3 is 0 Å². The monoisotopic (exact) mass is 378 g/mol. The zero-order valence-electron chi connectivity index (χ0n) is 14.3. The number of aromatic nitrogens is 4. The van der Waals surface area contributed by atoms with Gasteiger partial charge in [-0.1, -0.05) is 29.8 Å². The minimum atomic E-state index is 0.225. The number of nitrogens with one attached hydrogen (secondary N) is 1. The van der Waals surface area contributed by atoms with Crippen LogP contribution in [0.25, 0.3) is 10.9 Å². The summed E-state index contributed by atoms with van der Waals surface area (Å²) in [6.07, 6.45) is 2.96. The molecule has 0 aliphatic heterocycles. The van der Waals surface area contributed by atoms with Gasteiger partial charge in [-0.25, -0.2) is 15.0 Å². The standard InChI is InChI=1S/C19H15ClN6O/c1-11-7-8-12-4-2-6-14(16(12)25-11)27-19-15(21)18(23-10-24-19)26-13-5-3-9-22-17(13)20/h2-10H,21H2,1H3,(H,23,24,26). The molecule has 3 aromatic heterocycles. The van der Waals surface area contributed by atoms with Gasteiger partial charge in [0.15, 0.2) is 16.7 Å². The van der Waals surface area contributed by atoms with Crippen LogP contribution < -0.4 is 15.8 Å². The van der Waals surface area contributed by atoms with E-state index in [9.17, 15) is 0 Å². The minimum absolute atomic E-state index is 0.225. The van der Waals surface area contributed by atoms with E-state index in [4.69, 9.17) is 22.1 Å². The van der Waals surface area contributed by atoms with E-state index in [1.165, 1.54) is 6.33 Å². The van der Waals surface area contributed by atoms with E-state index in [0.717, 1.165) is 16.6 Å². The van der Waals surface area contributed by atoms with Crippen molar-refractivity contribution in [2.24, 2.45) is 0 Å². The van der Waals surface area contributed by atoms with E-state index in [0.29, 0.717) is 22.4 Å². The maximum atomic E-state index is 6.21. The van der Waals surface area contributed by atoms with Crippen molar-refractivity contribution >= 4 is 39.7 Å². The molecule has 0 saturated heterocycles. The molecule has 3 heterocycles. The number of nitrogens with zero attached hydrogens (tertiary/aromatic N) is 4. The van der Waals surface area contributed by atoms with Crippen molar-refractivity contribution < 1.29 is 4.74 Å². The van der Waals surface area contributed by atoms with Gasteiger partial charge in [0.05, 0.1) is 5.69 Å². The number of para-hydroxylation sites is 1. The molecule has 0 saturated carbocycles. The third-order valence-corrected chi connectivity index (χ3v) is 4.19. The second-order valence-corrected chi connectivity index (χ2v) is 6.15. The summed E-state index contributed by atoms with van der Waals surface area (Å²) >= 11 is 6.08. The molecule has 0 unspecified atom stereocenters. The van der Waals surface area contributed by atoms with Crippen molar-refractivity contribution in [1.29, 1.82) is 0 Å². The molecule has 1 aromatic carbocycles. The fraction of sp³-hybridized carbons (Fsp3) is 0.0526. The molecule has 7 nitrogen and oxygen atoms in total. The lowest BCUT2D eigenvalue weighted by Crippen LogP contribution is -2.04. The number of nitrogen functional groups attached to an aromatic ring is 1. The molecule has 4 rings (SSSR count). The van der Waals surface area contributed by atoms with Crippen LogP contribution in [-0.2, 0) is 0 Å². The topological polar surface area (TPSA) is 98.8 Å². The number of hydrogen-bond donors (Lipinski definition) is 2. The zero-order chi connectivity index (χ0) is 18.8. The summed E-state index contributed by atoms with van der Waals surface area (Å²) in [5.41, 5.74) is 8.67. The number of anilines is 3. The van der Waals surface area contributed by atoms with Crippen molar-refractivity contribution in [1.82, 2.24) is 19.9 Å². The molecule has 0 spiro atoms. The summed E-state index contributed by atoms with van der Waals surface area (Å²) < 4.78 is 5.96. The normalized spacial score (nSPS) is 10.7. The van der Waals surface area contributed by atoms with Crippen molar-refractivity contribution in [2.45, 2.75) is 6.92 Å². The molecule has 134 valence electrons. The number of pyridine rings is 2. The number of nitrogens with two attached hydrogens (primary N) is 1. The number of ether oxygens (including phenoxy) is 1. The first-order valence-corrected chi connectivity index (χ1v) is 8.52. The van der Waals surface area contributed by atoms with Crippen LogP contribution in [0.1, 0.15) is 5.69 Å². The third kappa shape index (κ3) is 3.45. The van der Waals surface area contributed by atoms with Gasteiger partial charge in [-0.05, 0) is 31.2 Å². The van der Waals surface area contributed by atoms with Crippen molar-refractivity contribution in [2.75, 3.05) is 11.1 Å². The van der Waals surface area contributed by atoms with Gasteiger partial charge in [0.1, 0.15) is 17.5 Å². The summed E-state index contributed by atoms with van der Waals surface area (Å²) in [7, 11) is 0. The van der Waals surface area contributed by atoms with Gasteiger partial charge < -0.3 is 15.8 Å². The number of fused-ring (bicyclic) bond motifs is 1. The predicted octanol–water partition coefficient (Wildman–Crippen LogP) is 4.50. The molecule has 27 heavy (non-hydrogen) atoms. The van der Waals surface area contributed by atoms with Crippen molar-refractivity contribution in [3.8, 4) is 11.6 Å². The maximum absolute atomic E-state index is 6.21. The first-order valence-electron chi connectivity index (χ1n) is 8.14. The Balaban J connectivity index is 1.70. The number of aryl methyl sites for hydroxylation is 1. The Morgan fingerprint density at radius 1 is 1.04 bits per heavy atom. The maximum Gasteiger partial charge on any atom is 0.248 e. The Bertz CT molecular complexity index is 1130. The summed E-state index contributed by atoms with van der Waals surface area (Å²) in [6.45, 7) is 1.93. The SMILES string of the molecule is Cc1ccc2cccc(Oc3ncnc(Nc4cccnc4Cl)c3N)c2n1. The van der Waals surface area contributed by atoms with Crippen LogP contribution in [0.2, 0.25) is 5.15 Å². The fourth-order valence-corrected chi connectivity index (χ4v) is 2.74. The lowest BCUT2D eigenvalue weighted by molar-refractivity contribution is 0.469. The van der Waals surface area contributed by atoms with E-state index in [1.54, 1.807) is 18.3 Å². The van der Waals surface area contributed by atoms with E-state index >= 15 is 0 Å². The number of benzene rings is 1. The van der Waals surface area contributed by atoms with Gasteiger partial charge in [-0.15, -0.1) is 0 Å². The van der Waals surface area contributed by atoms with Crippen molar-refractivity contribution in [3.05, 3.63) is 65.8 Å². The van der Waals surface area contributed by atoms with Gasteiger partial charge in [0.2, 0.25) is 5.88 Å². The largest absolute Gasteiger partial charge is 0.435 e. The van der Waals surface area contributed by atoms with E-state index in [1.807, 2.05) is 37.3 Å². The molecule has 0 aliphatic carbocycles. The third-order valence-electron chi connectivity index (χ3n) is 3.89. The van der Waals surface area contributed by atoms with Crippen LogP contribution in [0.4, 0.5) is 17.2 Å². The summed E-state index contributed by atoms with van der Waals surface area (Å²) in [4.78, 5) is 16.9. The Morgan fingerprint density at radius 3 is 2.78 bits per heavy atom. The van der Waals surface area contributed by atoms with Gasteiger partial charge in [0, 0.05) is 17.3 Å². The fourth-order valence-electron chi connectivity index (χ4n) is 2.57.